The van der Waals surface area contributed by atoms with Gasteiger partial charge in [-0.15, -0.1) is 0 Å². The average Bonchev–Trinajstić information content (AvgIpc) is 4.29. The van der Waals surface area contributed by atoms with Gasteiger partial charge >= 0.3 is 0 Å². The van der Waals surface area contributed by atoms with Crippen molar-refractivity contribution in [2.45, 2.75) is 41.5 Å². The molecule has 76 heavy (non-hydrogen) atoms. The van der Waals surface area contributed by atoms with E-state index in [0.717, 1.165) is 86.1 Å². The Labute approximate surface area is 449 Å². The maximum absolute atomic E-state index is 8.28. The molecular formula is C64H60N10O2. The van der Waals surface area contributed by atoms with Crippen molar-refractivity contribution in [3.8, 4) is 23.0 Å². The van der Waals surface area contributed by atoms with Crippen LogP contribution in [0.5, 0.6) is 23.0 Å². The lowest BCUT2D eigenvalue weighted by atomic mass is 10.1. The van der Waals surface area contributed by atoms with Crippen molar-refractivity contribution in [3.05, 3.63) is 204 Å². The molecule has 0 saturated carbocycles. The quantitative estimate of drug-likeness (QED) is 0.131. The van der Waals surface area contributed by atoms with Gasteiger partial charge in [0.05, 0.1) is 95.0 Å². The number of hydrogen-bond donors (Lipinski definition) is 0. The summed E-state index contributed by atoms with van der Waals surface area (Å²) in [6.07, 6.45) is 7.28. The fourth-order valence-corrected chi connectivity index (χ4v) is 11.0. The summed E-state index contributed by atoms with van der Waals surface area (Å²) in [5.41, 5.74) is 21.4. The van der Waals surface area contributed by atoms with Crippen LogP contribution in [0.15, 0.2) is 170 Å². The number of nitrogens with zero attached hydrogens (tertiary/aromatic N) is 10. The number of hydrogen-bond acceptors (Lipinski definition) is 12. The molecule has 378 valence electrons. The van der Waals surface area contributed by atoms with E-state index in [1.54, 1.807) is 12.4 Å². The molecule has 4 aliphatic rings. The molecule has 12 nitrogen and oxygen atoms in total. The molecule has 0 bridgehead atoms. The van der Waals surface area contributed by atoms with Crippen molar-refractivity contribution in [2.75, 3.05) is 79.9 Å². The van der Waals surface area contributed by atoms with Gasteiger partial charge in [0.25, 0.3) is 0 Å². The minimum atomic E-state index is -2.29. The normalized spacial score (nSPS) is 15.2. The highest BCUT2D eigenvalue weighted by Crippen LogP contribution is 2.50. The minimum absolute atomic E-state index is 0.196. The van der Waals surface area contributed by atoms with E-state index < -0.39 is 6.98 Å². The fraction of sp³-hybridized carbons (Fsp3) is 0.188. The van der Waals surface area contributed by atoms with Crippen molar-refractivity contribution in [1.82, 2.24) is 9.97 Å². The highest BCUT2D eigenvalue weighted by molar-refractivity contribution is 5.91. The van der Waals surface area contributed by atoms with Gasteiger partial charge in [-0.3, -0.25) is 9.97 Å². The van der Waals surface area contributed by atoms with Crippen LogP contribution in [0.25, 0.3) is 0 Å². The van der Waals surface area contributed by atoms with E-state index in [-0.39, 0.29) is 6.67 Å². The summed E-state index contributed by atoms with van der Waals surface area (Å²) in [5.74, 6) is 2.61. The first-order valence-corrected chi connectivity index (χ1v) is 25.7. The van der Waals surface area contributed by atoms with Gasteiger partial charge in [-0.05, 0) is 172 Å². The molecule has 4 aliphatic heterocycles. The van der Waals surface area contributed by atoms with Crippen LogP contribution in [0.3, 0.4) is 0 Å². The molecule has 0 fully saturated rings. The van der Waals surface area contributed by atoms with Crippen molar-refractivity contribution >= 4 is 79.6 Å². The third-order valence-electron chi connectivity index (χ3n) is 15.5. The van der Waals surface area contributed by atoms with E-state index in [9.17, 15) is 0 Å². The second kappa shape index (κ2) is 18.3. The molecule has 0 N–H and O–H groups in total. The van der Waals surface area contributed by atoms with Crippen molar-refractivity contribution in [2.24, 2.45) is 0 Å². The van der Waals surface area contributed by atoms with E-state index in [0.29, 0.717) is 36.3 Å². The molecule has 0 spiro atoms. The van der Waals surface area contributed by atoms with Gasteiger partial charge in [-0.1, -0.05) is 24.3 Å². The molecule has 0 amide bonds. The van der Waals surface area contributed by atoms with Gasteiger partial charge in [0.15, 0.2) is 0 Å². The van der Waals surface area contributed by atoms with Crippen LogP contribution in [0, 0.1) is 41.5 Å². The van der Waals surface area contributed by atoms with Crippen LogP contribution in [0.2, 0.25) is 0 Å². The summed E-state index contributed by atoms with van der Waals surface area (Å²) in [6.45, 7) is 12.5. The monoisotopic (exact) mass is 1000 g/mol. The molecule has 2 aromatic heterocycles. The van der Waals surface area contributed by atoms with Crippen LogP contribution in [-0.4, -0.2) is 50.7 Å². The molecule has 0 unspecified atom stereocenters. The Kier molecular flexibility index (Phi) is 10.4. The van der Waals surface area contributed by atoms with Crippen molar-refractivity contribution in [1.29, 1.82) is 0 Å². The smallest absolute Gasteiger partial charge is 0.147 e. The summed E-state index contributed by atoms with van der Waals surface area (Å²) in [7, 11) is 2.14. The predicted octanol–water partition coefficient (Wildman–Crippen LogP) is 15.5. The summed E-state index contributed by atoms with van der Waals surface area (Å²) in [5, 5.41) is 0. The van der Waals surface area contributed by atoms with Crippen molar-refractivity contribution < 1.29 is 13.6 Å². The molecule has 12 heteroatoms. The fourth-order valence-electron chi connectivity index (χ4n) is 11.0. The Balaban J connectivity index is 0.726. The number of ether oxygens (including phenoxy) is 2. The lowest BCUT2D eigenvalue weighted by Crippen LogP contribution is -2.25. The third-order valence-corrected chi connectivity index (χ3v) is 15.5. The highest BCUT2D eigenvalue weighted by Gasteiger charge is 2.33. The number of rotatable bonds is 10. The van der Waals surface area contributed by atoms with Gasteiger partial charge in [0.2, 0.25) is 0 Å². The number of fused-ring (bicyclic) bond motifs is 4. The SMILES string of the molecule is [2H]C([2H])([2H])N1CN(c2cccc(Oc3cncc(N4CN(c5ccc(N6CN(c7cncc(Oc8cccc(N9CN(C)c%10cc(C)c(C)cc%109)c8)c7)c7cc(C)c(C)cc76)cc5)c5ccccc54)c3)c2)c2cc(C)c(C)cc21. The summed E-state index contributed by atoms with van der Waals surface area (Å²) in [6, 6.07) is 50.6. The molecule has 9 aromatic rings. The van der Waals surface area contributed by atoms with Crippen molar-refractivity contribution in [3.63, 3.8) is 0 Å². The zero-order valence-corrected chi connectivity index (χ0v) is 43.8. The molecule has 0 radical (unpaired) electrons. The number of pyridine rings is 2. The molecule has 6 heterocycles. The van der Waals surface area contributed by atoms with Gasteiger partial charge in [-0.25, -0.2) is 0 Å². The van der Waals surface area contributed by atoms with Crippen LogP contribution < -0.4 is 48.7 Å². The van der Waals surface area contributed by atoms with E-state index in [4.69, 9.17) is 18.6 Å². The molecule has 0 aliphatic carbocycles. The van der Waals surface area contributed by atoms with E-state index in [1.165, 1.54) is 38.5 Å². The molecule has 0 saturated heterocycles. The lowest BCUT2D eigenvalue weighted by Gasteiger charge is -2.24. The average molecular weight is 1000 g/mol. The zero-order valence-electron chi connectivity index (χ0n) is 46.8. The second-order valence-electron chi connectivity index (χ2n) is 20.5. The molecule has 7 aromatic carbocycles. The minimum Gasteiger partial charge on any atom is -0.456 e. The first-order valence-electron chi connectivity index (χ1n) is 27.2. The van der Waals surface area contributed by atoms with E-state index in [2.05, 4.69) is 172 Å². The largest absolute Gasteiger partial charge is 0.456 e. The number of para-hydroxylation sites is 2. The van der Waals surface area contributed by atoms with Crippen LogP contribution >= 0.6 is 0 Å². The number of anilines is 14. The standard InChI is InChI=1S/C64H60N10O2/c1-41-23-59-61(25-43(41)3)69(37-67(59)7)49-13-11-15-53(29-49)75-55-31-51(33-65-35-55)73-39-71(57-17-9-10-18-58(57)73)47-19-21-48(22-20-47)72-40-74(64-28-46(6)45(5)27-63(64)72)52-32-56(36-66-34-52)76-54-16-12-14-50(30-54)70-38-68(8)60-24-42(2)44(4)26-62(60)70/h9-36H,37-40H2,1-8H3/i7D3. The Hall–Kier alpha value is -9.16. The summed E-state index contributed by atoms with van der Waals surface area (Å²) < 4.78 is 38.0. The maximum Gasteiger partial charge on any atom is 0.147 e. The van der Waals surface area contributed by atoms with Gasteiger partial charge in [0.1, 0.15) is 36.3 Å². The van der Waals surface area contributed by atoms with Crippen LogP contribution in [0.4, 0.5) is 79.6 Å². The predicted molar refractivity (Wildman–Crippen MR) is 311 cm³/mol. The Bertz CT molecular complexity index is 3870. The Morgan fingerprint density at radius 2 is 0.684 bits per heavy atom. The molecule has 13 rings (SSSR count). The van der Waals surface area contributed by atoms with Gasteiger partial charge in [-0.2, -0.15) is 0 Å². The van der Waals surface area contributed by atoms with E-state index in [1.807, 2.05) is 73.6 Å². The number of benzene rings is 7. The van der Waals surface area contributed by atoms with Crippen LogP contribution in [0.1, 0.15) is 37.5 Å². The lowest BCUT2D eigenvalue weighted by molar-refractivity contribution is 0.480. The first-order chi connectivity index (χ1) is 38.1. The number of aryl methyl sites for hydroxylation is 6. The van der Waals surface area contributed by atoms with Gasteiger partial charge < -0.3 is 48.7 Å². The topological polar surface area (TPSA) is 70.2 Å². The second-order valence-corrected chi connectivity index (χ2v) is 20.5. The summed E-state index contributed by atoms with van der Waals surface area (Å²) >= 11 is 0. The third kappa shape index (κ3) is 8.17. The maximum atomic E-state index is 8.28. The molecular weight excluding hydrogens is 941 g/mol. The van der Waals surface area contributed by atoms with Gasteiger partial charge in [0, 0.05) is 65.2 Å². The molecule has 0 atom stereocenters. The highest BCUT2D eigenvalue weighted by atomic mass is 16.5. The van der Waals surface area contributed by atoms with E-state index >= 15 is 0 Å². The zero-order chi connectivity index (χ0) is 54.4. The number of aromatic nitrogens is 2. The van der Waals surface area contributed by atoms with Crippen LogP contribution in [-0.2, 0) is 0 Å². The Morgan fingerprint density at radius 1 is 0.329 bits per heavy atom. The summed E-state index contributed by atoms with van der Waals surface area (Å²) in [4.78, 5) is 26.8. The first kappa shape index (κ1) is 43.3. The Morgan fingerprint density at radius 3 is 1.14 bits per heavy atom.